The van der Waals surface area contributed by atoms with Crippen LogP contribution >= 0.6 is 15.9 Å². The van der Waals surface area contributed by atoms with Crippen molar-refractivity contribution in [2.75, 3.05) is 5.32 Å². The number of hydrogen-bond donors (Lipinski definition) is 1. The standard InChI is InChI=1S/C26H22BrF3N2O4S/c1-14-5-8-16(9-6-14)37(34)32-12-11-17-20(27)24(22(30)21(29)23(17)32)35-15-7-10-18(28)19(13-15)31-25(33)36-26(2,3)4/h5-13H,1-4H3,(H,31,33). The van der Waals surface area contributed by atoms with Crippen molar-refractivity contribution in [2.45, 2.75) is 38.2 Å². The second-order valence-electron chi connectivity index (χ2n) is 9.11. The van der Waals surface area contributed by atoms with Crippen LogP contribution in [0.3, 0.4) is 0 Å². The van der Waals surface area contributed by atoms with Gasteiger partial charge in [0.05, 0.1) is 15.1 Å². The van der Waals surface area contributed by atoms with Crippen LogP contribution in [0.15, 0.2) is 64.1 Å². The van der Waals surface area contributed by atoms with Crippen LogP contribution in [-0.4, -0.2) is 19.9 Å². The number of amides is 1. The summed E-state index contributed by atoms with van der Waals surface area (Å²) in [4.78, 5) is 12.5. The van der Waals surface area contributed by atoms with Crippen LogP contribution in [-0.2, 0) is 15.7 Å². The Balaban J connectivity index is 1.69. The van der Waals surface area contributed by atoms with E-state index in [4.69, 9.17) is 9.47 Å². The minimum atomic E-state index is -1.83. The first-order valence-corrected chi connectivity index (χ1v) is 12.9. The van der Waals surface area contributed by atoms with E-state index in [2.05, 4.69) is 21.2 Å². The lowest BCUT2D eigenvalue weighted by Crippen LogP contribution is -2.27. The zero-order chi connectivity index (χ0) is 27.1. The molecule has 4 aromatic rings. The molecule has 0 saturated carbocycles. The van der Waals surface area contributed by atoms with Gasteiger partial charge in [0.2, 0.25) is 5.82 Å². The summed E-state index contributed by atoms with van der Waals surface area (Å²) in [5.41, 5.74) is -0.341. The number of carbonyl (C=O) groups is 1. The summed E-state index contributed by atoms with van der Waals surface area (Å²) in [7, 11) is -1.83. The van der Waals surface area contributed by atoms with E-state index >= 15 is 8.78 Å². The molecule has 0 aliphatic heterocycles. The second-order valence-corrected chi connectivity index (χ2v) is 11.3. The topological polar surface area (TPSA) is 69.6 Å². The fourth-order valence-corrected chi connectivity index (χ4v) is 5.11. The Bertz CT molecular complexity index is 1530. The predicted molar refractivity (Wildman–Crippen MR) is 139 cm³/mol. The number of carbonyl (C=O) groups excluding carboxylic acids is 1. The SMILES string of the molecule is Cc1ccc(S(=O)n2ccc3c(Br)c(Oc4ccc(F)c(NC(=O)OC(C)(C)C)c4)c(F)c(F)c32)cc1. The average Bonchev–Trinajstić information content (AvgIpc) is 3.27. The first kappa shape index (κ1) is 26.7. The highest BCUT2D eigenvalue weighted by Crippen LogP contribution is 2.41. The zero-order valence-corrected chi connectivity index (χ0v) is 22.6. The monoisotopic (exact) mass is 594 g/mol. The molecule has 11 heteroatoms. The van der Waals surface area contributed by atoms with Crippen LogP contribution in [0.4, 0.5) is 23.7 Å². The predicted octanol–water partition coefficient (Wildman–Crippen LogP) is 7.84. The van der Waals surface area contributed by atoms with Crippen LogP contribution in [0.25, 0.3) is 10.9 Å². The van der Waals surface area contributed by atoms with Crippen molar-refractivity contribution in [3.63, 3.8) is 0 Å². The number of nitrogens with one attached hydrogen (secondary N) is 1. The maximum Gasteiger partial charge on any atom is 0.412 e. The fraction of sp³-hybridized carbons (Fsp3) is 0.192. The maximum atomic E-state index is 15.3. The summed E-state index contributed by atoms with van der Waals surface area (Å²) < 4.78 is 69.7. The summed E-state index contributed by atoms with van der Waals surface area (Å²) in [6.07, 6.45) is 0.490. The highest BCUT2D eigenvalue weighted by atomic mass is 79.9. The molecule has 37 heavy (non-hydrogen) atoms. The zero-order valence-electron chi connectivity index (χ0n) is 20.2. The molecule has 0 spiro atoms. The Hall–Kier alpha value is -3.31. The van der Waals surface area contributed by atoms with Gasteiger partial charge in [0.25, 0.3) is 0 Å². The molecule has 1 atom stereocenters. The van der Waals surface area contributed by atoms with Gasteiger partial charge in [-0.05, 0) is 74.0 Å². The third-order valence-electron chi connectivity index (χ3n) is 5.08. The van der Waals surface area contributed by atoms with Gasteiger partial charge in [0.1, 0.15) is 22.7 Å². The molecular weight excluding hydrogens is 573 g/mol. The number of aryl methyl sites for hydroxylation is 1. The van der Waals surface area contributed by atoms with Gasteiger partial charge in [-0.3, -0.25) is 9.29 Å². The van der Waals surface area contributed by atoms with E-state index < -0.39 is 45.9 Å². The van der Waals surface area contributed by atoms with Gasteiger partial charge in [0, 0.05) is 17.6 Å². The number of aromatic nitrogens is 1. The number of anilines is 1. The number of fused-ring (bicyclic) bond motifs is 1. The lowest BCUT2D eigenvalue weighted by Gasteiger charge is -2.20. The van der Waals surface area contributed by atoms with Gasteiger partial charge in [0.15, 0.2) is 22.6 Å². The minimum absolute atomic E-state index is 0.0621. The first-order chi connectivity index (χ1) is 17.4. The molecule has 6 nitrogen and oxygen atoms in total. The number of benzene rings is 3. The van der Waals surface area contributed by atoms with Gasteiger partial charge >= 0.3 is 6.09 Å². The highest BCUT2D eigenvalue weighted by molar-refractivity contribution is 9.10. The quantitative estimate of drug-likeness (QED) is 0.239. The summed E-state index contributed by atoms with van der Waals surface area (Å²) in [6.45, 7) is 6.83. The van der Waals surface area contributed by atoms with E-state index in [0.29, 0.717) is 4.90 Å². The fourth-order valence-electron chi connectivity index (χ4n) is 3.42. The normalized spacial score (nSPS) is 12.4. The molecular formula is C26H22BrF3N2O4S. The molecule has 3 aromatic carbocycles. The van der Waals surface area contributed by atoms with E-state index in [9.17, 15) is 13.4 Å². The van der Waals surface area contributed by atoms with E-state index in [0.717, 1.165) is 21.7 Å². The van der Waals surface area contributed by atoms with E-state index in [1.807, 2.05) is 6.92 Å². The lowest BCUT2D eigenvalue weighted by atomic mass is 10.2. The van der Waals surface area contributed by atoms with Crippen molar-refractivity contribution in [3.05, 3.63) is 82.2 Å². The number of nitrogens with zero attached hydrogens (tertiary/aromatic N) is 1. The summed E-state index contributed by atoms with van der Waals surface area (Å²) in [5.74, 6) is -3.97. The molecule has 1 heterocycles. The van der Waals surface area contributed by atoms with Gasteiger partial charge < -0.3 is 9.47 Å². The second kappa shape index (κ2) is 10.2. The van der Waals surface area contributed by atoms with Crippen molar-refractivity contribution in [1.82, 2.24) is 3.97 Å². The largest absolute Gasteiger partial charge is 0.453 e. The van der Waals surface area contributed by atoms with Gasteiger partial charge in [-0.15, -0.1) is 0 Å². The van der Waals surface area contributed by atoms with Gasteiger partial charge in [-0.1, -0.05) is 17.7 Å². The molecule has 0 bridgehead atoms. The number of hydrogen-bond acceptors (Lipinski definition) is 4. The highest BCUT2D eigenvalue weighted by Gasteiger charge is 2.25. The molecule has 1 amide bonds. The van der Waals surface area contributed by atoms with E-state index in [1.165, 1.54) is 18.3 Å². The van der Waals surface area contributed by atoms with Crippen molar-refractivity contribution < 1.29 is 31.6 Å². The van der Waals surface area contributed by atoms with Crippen LogP contribution in [0.1, 0.15) is 26.3 Å². The summed E-state index contributed by atoms with van der Waals surface area (Å²) in [6, 6.07) is 11.6. The molecule has 0 fully saturated rings. The Morgan fingerprint density at radius 3 is 2.35 bits per heavy atom. The Morgan fingerprint density at radius 1 is 1.03 bits per heavy atom. The lowest BCUT2D eigenvalue weighted by molar-refractivity contribution is 0.0635. The number of ether oxygens (including phenoxy) is 2. The molecule has 0 radical (unpaired) electrons. The third kappa shape index (κ3) is 5.67. The molecule has 194 valence electrons. The van der Waals surface area contributed by atoms with E-state index in [1.54, 1.807) is 45.0 Å². The number of rotatable bonds is 5. The van der Waals surface area contributed by atoms with Crippen molar-refractivity contribution >= 4 is 49.6 Å². The number of halogens is 4. The van der Waals surface area contributed by atoms with Crippen LogP contribution < -0.4 is 10.1 Å². The molecule has 1 aromatic heterocycles. The van der Waals surface area contributed by atoms with Crippen molar-refractivity contribution in [3.8, 4) is 11.5 Å². The van der Waals surface area contributed by atoms with Gasteiger partial charge in [-0.2, -0.15) is 4.39 Å². The first-order valence-electron chi connectivity index (χ1n) is 11.0. The van der Waals surface area contributed by atoms with E-state index in [-0.39, 0.29) is 26.8 Å². The van der Waals surface area contributed by atoms with Crippen LogP contribution in [0.2, 0.25) is 0 Å². The molecule has 4 rings (SSSR count). The third-order valence-corrected chi connectivity index (χ3v) is 7.21. The van der Waals surface area contributed by atoms with Gasteiger partial charge in [-0.25, -0.2) is 17.8 Å². The molecule has 0 aliphatic carbocycles. The smallest absolute Gasteiger partial charge is 0.412 e. The Labute approximate surface area is 222 Å². The summed E-state index contributed by atoms with van der Waals surface area (Å²) >= 11 is 3.25. The van der Waals surface area contributed by atoms with Crippen molar-refractivity contribution in [1.29, 1.82) is 0 Å². The molecule has 1 N–H and O–H groups in total. The maximum absolute atomic E-state index is 15.3. The van der Waals surface area contributed by atoms with Crippen LogP contribution in [0.5, 0.6) is 11.5 Å². The summed E-state index contributed by atoms with van der Waals surface area (Å²) in [5, 5.41) is 2.48. The Morgan fingerprint density at radius 2 is 1.70 bits per heavy atom. The molecule has 1 unspecified atom stereocenters. The van der Waals surface area contributed by atoms with Crippen molar-refractivity contribution in [2.24, 2.45) is 0 Å². The Kier molecular flexibility index (Phi) is 7.38. The van der Waals surface area contributed by atoms with Crippen LogP contribution in [0, 0.1) is 24.4 Å². The minimum Gasteiger partial charge on any atom is -0.453 e. The molecule has 0 aliphatic rings. The molecule has 0 saturated heterocycles. The average molecular weight is 595 g/mol.